The number of rotatable bonds is 7. The normalized spacial score (nSPS) is 26.0. The minimum atomic E-state index is -1.11. The summed E-state index contributed by atoms with van der Waals surface area (Å²) in [6.07, 6.45) is -3.07. The molecule has 0 radical (unpaired) electrons. The van der Waals surface area contributed by atoms with Crippen LogP contribution in [0.3, 0.4) is 0 Å². The first-order valence-corrected chi connectivity index (χ1v) is 9.59. The highest BCUT2D eigenvalue weighted by Gasteiger charge is 2.50. The van der Waals surface area contributed by atoms with Crippen LogP contribution in [0.2, 0.25) is 0 Å². The van der Waals surface area contributed by atoms with Gasteiger partial charge in [-0.2, -0.15) is 0 Å². The van der Waals surface area contributed by atoms with E-state index < -0.39 is 47.7 Å². The van der Waals surface area contributed by atoms with Crippen LogP contribution in [0, 0.1) is 0 Å². The largest absolute Gasteiger partial charge is 0.463 e. The van der Waals surface area contributed by atoms with Crippen LogP contribution in [0.5, 0.6) is 0 Å². The third kappa shape index (κ3) is 6.67. The average Bonchev–Trinajstić information content (AvgIpc) is 2.65. The zero-order chi connectivity index (χ0) is 21.4. The molecule has 1 aliphatic rings. The van der Waals surface area contributed by atoms with Gasteiger partial charge in [0.2, 0.25) is 0 Å². The lowest BCUT2D eigenvalue weighted by atomic mass is 9.97. The van der Waals surface area contributed by atoms with Gasteiger partial charge in [0.15, 0.2) is 0 Å². The Morgan fingerprint density at radius 1 is 1.07 bits per heavy atom. The maximum Gasteiger partial charge on any atom is 0.303 e. The first-order chi connectivity index (χ1) is 13.8. The molecule has 29 heavy (non-hydrogen) atoms. The molecule has 1 saturated heterocycles. The van der Waals surface area contributed by atoms with Crippen molar-refractivity contribution in [3.63, 3.8) is 0 Å². The monoisotopic (exact) mass is 423 g/mol. The number of carbonyl (C=O) groups is 3. The summed E-state index contributed by atoms with van der Waals surface area (Å²) in [6, 6.07) is 8.09. The van der Waals surface area contributed by atoms with Gasteiger partial charge < -0.3 is 18.9 Å². The molecule has 156 valence electrons. The molecule has 1 aromatic rings. The fourth-order valence-corrected chi connectivity index (χ4v) is 3.93. The van der Waals surface area contributed by atoms with Gasteiger partial charge in [0.1, 0.15) is 36.4 Å². The summed E-state index contributed by atoms with van der Waals surface area (Å²) in [5.74, 6) is -1.82. The van der Waals surface area contributed by atoms with Gasteiger partial charge in [-0.15, -0.1) is 0 Å². The molecule has 0 bridgehead atoms. The summed E-state index contributed by atoms with van der Waals surface area (Å²) in [7, 11) is 0. The van der Waals surface area contributed by atoms with Crippen molar-refractivity contribution in [3.8, 4) is 0 Å². The highest BCUT2D eigenvalue weighted by atomic mass is 32.2. The molecular formula is C18H21N3O7S. The number of esters is 3. The van der Waals surface area contributed by atoms with E-state index in [4.69, 9.17) is 24.5 Å². The van der Waals surface area contributed by atoms with E-state index in [1.54, 1.807) is 0 Å². The third-order valence-electron chi connectivity index (χ3n) is 3.85. The Labute approximate surface area is 171 Å². The Balaban J connectivity index is 2.41. The molecule has 1 fully saturated rings. The highest BCUT2D eigenvalue weighted by molar-refractivity contribution is 7.99. The molecule has 0 amide bonds. The predicted octanol–water partition coefficient (Wildman–Crippen LogP) is 2.61. The first kappa shape index (κ1) is 22.5. The SMILES string of the molecule is CC(=O)OC[C@H]1O[C@H](Sc2ccccc2)[C@@H](OC(C)=O)[C@@H](N=[N+]=[N-])[C@@H]1OC(C)=O. The number of nitrogens with zero attached hydrogens (tertiary/aromatic N) is 3. The minimum absolute atomic E-state index is 0.233. The number of hydrogen-bond acceptors (Lipinski definition) is 9. The van der Waals surface area contributed by atoms with Gasteiger partial charge in [0.25, 0.3) is 0 Å². The third-order valence-corrected chi connectivity index (χ3v) is 5.01. The topological polar surface area (TPSA) is 137 Å². The average molecular weight is 423 g/mol. The Bertz CT molecular complexity index is 785. The van der Waals surface area contributed by atoms with Crippen LogP contribution >= 0.6 is 11.8 Å². The molecule has 0 unspecified atom stereocenters. The van der Waals surface area contributed by atoms with Crippen molar-refractivity contribution in [2.75, 3.05) is 6.61 Å². The first-order valence-electron chi connectivity index (χ1n) is 8.71. The molecule has 2 rings (SSSR count). The molecule has 1 aromatic carbocycles. The summed E-state index contributed by atoms with van der Waals surface area (Å²) in [6.45, 7) is 3.39. The quantitative estimate of drug-likeness (QED) is 0.214. The van der Waals surface area contributed by atoms with Crippen molar-refractivity contribution >= 4 is 29.7 Å². The zero-order valence-corrected chi connectivity index (χ0v) is 16.9. The summed E-state index contributed by atoms with van der Waals surface area (Å²) in [4.78, 5) is 38.2. The predicted molar refractivity (Wildman–Crippen MR) is 102 cm³/mol. The summed E-state index contributed by atoms with van der Waals surface area (Å²) in [5.41, 5.74) is 8.25. The van der Waals surface area contributed by atoms with E-state index in [-0.39, 0.29) is 6.61 Å². The van der Waals surface area contributed by atoms with Gasteiger partial charge in [-0.3, -0.25) is 14.4 Å². The van der Waals surface area contributed by atoms with Crippen LogP contribution in [0.15, 0.2) is 40.3 Å². The summed E-state index contributed by atoms with van der Waals surface area (Å²) in [5, 5.41) is 3.71. The maximum absolute atomic E-state index is 11.7. The molecule has 0 saturated carbocycles. The zero-order valence-electron chi connectivity index (χ0n) is 16.1. The van der Waals surface area contributed by atoms with Crippen molar-refractivity contribution in [2.24, 2.45) is 5.11 Å². The van der Waals surface area contributed by atoms with E-state index in [1.807, 2.05) is 30.3 Å². The van der Waals surface area contributed by atoms with E-state index in [9.17, 15) is 14.4 Å². The Morgan fingerprint density at radius 2 is 1.69 bits per heavy atom. The van der Waals surface area contributed by atoms with Gasteiger partial charge >= 0.3 is 17.9 Å². The van der Waals surface area contributed by atoms with Crippen LogP contribution in [0.4, 0.5) is 0 Å². The number of carbonyl (C=O) groups excluding carboxylic acids is 3. The lowest BCUT2D eigenvalue weighted by Crippen LogP contribution is -2.59. The number of ether oxygens (including phenoxy) is 4. The van der Waals surface area contributed by atoms with Crippen molar-refractivity contribution in [1.82, 2.24) is 0 Å². The van der Waals surface area contributed by atoms with Crippen molar-refractivity contribution in [3.05, 3.63) is 40.8 Å². The second-order valence-electron chi connectivity index (χ2n) is 6.12. The smallest absolute Gasteiger partial charge is 0.303 e. The summed E-state index contributed by atoms with van der Waals surface area (Å²) >= 11 is 1.24. The van der Waals surface area contributed by atoms with Crippen molar-refractivity contribution < 1.29 is 33.3 Å². The molecule has 1 aliphatic heterocycles. The van der Waals surface area contributed by atoms with Crippen molar-refractivity contribution in [1.29, 1.82) is 0 Å². The van der Waals surface area contributed by atoms with Crippen LogP contribution in [-0.4, -0.2) is 54.3 Å². The van der Waals surface area contributed by atoms with E-state index in [0.29, 0.717) is 0 Å². The molecular weight excluding hydrogens is 402 g/mol. The second kappa shape index (κ2) is 10.7. The molecule has 0 N–H and O–H groups in total. The van der Waals surface area contributed by atoms with Crippen LogP contribution in [0.25, 0.3) is 10.4 Å². The van der Waals surface area contributed by atoms with Gasteiger partial charge in [-0.05, 0) is 17.7 Å². The van der Waals surface area contributed by atoms with E-state index in [1.165, 1.54) is 32.5 Å². The van der Waals surface area contributed by atoms with Crippen LogP contribution in [0.1, 0.15) is 20.8 Å². The number of hydrogen-bond donors (Lipinski definition) is 0. The second-order valence-corrected chi connectivity index (χ2v) is 7.29. The lowest BCUT2D eigenvalue weighted by Gasteiger charge is -2.43. The standard InChI is InChI=1S/C18H21N3O7S/c1-10(22)25-9-14-16(26-11(2)23)15(20-21-19)17(27-12(3)24)18(28-14)29-13-7-5-4-6-8-13/h4-8,14-18H,9H2,1-3H3/t14-,15+,16-,17+,18-/m1/s1. The number of azide groups is 1. The Morgan fingerprint density at radius 3 is 2.24 bits per heavy atom. The highest BCUT2D eigenvalue weighted by Crippen LogP contribution is 2.37. The molecule has 5 atom stereocenters. The Kier molecular flexibility index (Phi) is 8.32. The van der Waals surface area contributed by atoms with Crippen LogP contribution in [-0.2, 0) is 33.3 Å². The van der Waals surface area contributed by atoms with Gasteiger partial charge in [-0.25, -0.2) is 0 Å². The van der Waals surface area contributed by atoms with Crippen LogP contribution < -0.4 is 0 Å². The molecule has 0 aromatic heterocycles. The van der Waals surface area contributed by atoms with Gasteiger partial charge in [-0.1, -0.05) is 35.1 Å². The molecule has 0 spiro atoms. The summed E-state index contributed by atoms with van der Waals surface area (Å²) < 4.78 is 21.7. The van der Waals surface area contributed by atoms with Gasteiger partial charge in [0.05, 0.1) is 0 Å². The van der Waals surface area contributed by atoms with E-state index in [2.05, 4.69) is 10.0 Å². The van der Waals surface area contributed by atoms with E-state index in [0.717, 1.165) is 4.90 Å². The lowest BCUT2D eigenvalue weighted by molar-refractivity contribution is -0.201. The molecule has 10 nitrogen and oxygen atoms in total. The van der Waals surface area contributed by atoms with Crippen molar-refractivity contribution in [2.45, 2.75) is 55.5 Å². The fraction of sp³-hybridized carbons (Fsp3) is 0.500. The number of benzene rings is 1. The molecule has 1 heterocycles. The number of thioether (sulfide) groups is 1. The van der Waals surface area contributed by atoms with Gasteiger partial charge in [0, 0.05) is 30.6 Å². The fourth-order valence-electron chi connectivity index (χ4n) is 2.80. The Hall–Kier alpha value is -2.75. The molecule has 11 heteroatoms. The molecule has 0 aliphatic carbocycles. The maximum atomic E-state index is 11.7. The van der Waals surface area contributed by atoms with E-state index >= 15 is 0 Å². The minimum Gasteiger partial charge on any atom is -0.463 e.